The van der Waals surface area contributed by atoms with Gasteiger partial charge in [-0.1, -0.05) is 89.7 Å². The van der Waals surface area contributed by atoms with Gasteiger partial charge in [0.2, 0.25) is 0 Å². The van der Waals surface area contributed by atoms with Crippen molar-refractivity contribution in [3.8, 4) is 0 Å². The zero-order valence-corrected chi connectivity index (χ0v) is 14.9. The van der Waals surface area contributed by atoms with Crippen LogP contribution in [0.3, 0.4) is 0 Å². The fourth-order valence-electron chi connectivity index (χ4n) is 2.99. The van der Waals surface area contributed by atoms with Gasteiger partial charge in [-0.25, -0.2) is 0 Å². The highest BCUT2D eigenvalue weighted by Gasteiger charge is 2.00. The second-order valence-corrected chi connectivity index (χ2v) is 6.67. The maximum absolute atomic E-state index is 4.22. The number of hydrogen-bond acceptors (Lipinski definition) is 2. The molecule has 0 bridgehead atoms. The molecule has 22 heavy (non-hydrogen) atoms. The normalized spacial score (nSPS) is 14.5. The van der Waals surface area contributed by atoms with Gasteiger partial charge in [-0.05, 0) is 12.8 Å². The molecule has 0 saturated carbocycles. The minimum absolute atomic E-state index is 0.979. The monoisotopic (exact) mass is 306 g/mol. The Morgan fingerprint density at radius 3 is 1.95 bits per heavy atom. The molecule has 0 aromatic carbocycles. The van der Waals surface area contributed by atoms with Crippen LogP contribution in [0.4, 0.5) is 0 Å². The lowest BCUT2D eigenvalue weighted by Crippen LogP contribution is -2.19. The van der Waals surface area contributed by atoms with E-state index in [0.717, 1.165) is 19.6 Å². The van der Waals surface area contributed by atoms with E-state index in [1.807, 2.05) is 6.34 Å². The van der Waals surface area contributed by atoms with Crippen LogP contribution in [0, 0.1) is 0 Å². The minimum Gasteiger partial charge on any atom is -0.357 e. The fourth-order valence-corrected chi connectivity index (χ4v) is 2.99. The molecular weight excluding hydrogens is 268 g/mol. The van der Waals surface area contributed by atoms with Crippen LogP contribution in [0.2, 0.25) is 0 Å². The predicted molar refractivity (Wildman–Crippen MR) is 99.8 cm³/mol. The average molecular weight is 307 g/mol. The van der Waals surface area contributed by atoms with Crippen LogP contribution in [0.25, 0.3) is 0 Å². The van der Waals surface area contributed by atoms with Crippen molar-refractivity contribution in [1.29, 1.82) is 0 Å². The van der Waals surface area contributed by atoms with Gasteiger partial charge in [-0.2, -0.15) is 0 Å². The Hall–Kier alpha value is -0.790. The number of aliphatic imine (C=N–C) groups is 1. The van der Waals surface area contributed by atoms with Crippen molar-refractivity contribution in [2.24, 2.45) is 4.99 Å². The molecule has 0 N–H and O–H groups in total. The molecule has 0 fully saturated rings. The highest BCUT2D eigenvalue weighted by Crippen LogP contribution is 2.12. The van der Waals surface area contributed by atoms with Crippen LogP contribution < -0.4 is 0 Å². The van der Waals surface area contributed by atoms with Crippen LogP contribution >= 0.6 is 0 Å². The molecule has 0 aromatic heterocycles. The standard InChI is InChI=1S/C20H38N2/c1-2-3-4-5-6-7-8-9-10-11-12-13-14-15-16-18-22-19-17-21-20-22/h15-16,20H,2-14,17-19H2,1H3. The second-order valence-electron chi connectivity index (χ2n) is 6.67. The van der Waals surface area contributed by atoms with Crippen molar-refractivity contribution in [2.75, 3.05) is 19.6 Å². The summed E-state index contributed by atoms with van der Waals surface area (Å²) in [6.07, 6.45) is 25.1. The third-order valence-corrected chi connectivity index (χ3v) is 4.49. The summed E-state index contributed by atoms with van der Waals surface area (Å²) in [5.41, 5.74) is 0. The van der Waals surface area contributed by atoms with Gasteiger partial charge in [0.25, 0.3) is 0 Å². The number of nitrogens with zero attached hydrogens (tertiary/aromatic N) is 2. The molecule has 1 heterocycles. The predicted octanol–water partition coefficient (Wildman–Crippen LogP) is 5.98. The molecule has 2 heteroatoms. The summed E-state index contributed by atoms with van der Waals surface area (Å²) in [6.45, 7) is 5.41. The molecule has 0 saturated heterocycles. The van der Waals surface area contributed by atoms with Crippen LogP contribution in [-0.4, -0.2) is 30.9 Å². The van der Waals surface area contributed by atoms with E-state index in [9.17, 15) is 0 Å². The zero-order valence-electron chi connectivity index (χ0n) is 14.9. The van der Waals surface area contributed by atoms with E-state index in [2.05, 4.69) is 29.0 Å². The van der Waals surface area contributed by atoms with Gasteiger partial charge >= 0.3 is 0 Å². The van der Waals surface area contributed by atoms with Gasteiger partial charge in [-0.3, -0.25) is 4.99 Å². The molecule has 0 aromatic rings. The average Bonchev–Trinajstić information content (AvgIpc) is 3.04. The van der Waals surface area contributed by atoms with E-state index in [1.165, 1.54) is 83.5 Å². The Kier molecular flexibility index (Phi) is 13.2. The summed E-state index contributed by atoms with van der Waals surface area (Å²) in [4.78, 5) is 6.50. The zero-order chi connectivity index (χ0) is 15.7. The maximum Gasteiger partial charge on any atom is 0.0854 e. The molecule has 0 amide bonds. The topological polar surface area (TPSA) is 15.6 Å². The van der Waals surface area contributed by atoms with Gasteiger partial charge < -0.3 is 4.90 Å². The molecule has 0 aliphatic carbocycles. The summed E-state index contributed by atoms with van der Waals surface area (Å²) in [7, 11) is 0. The fraction of sp³-hybridized carbons (Fsp3) is 0.850. The van der Waals surface area contributed by atoms with Crippen LogP contribution in [0.15, 0.2) is 17.1 Å². The van der Waals surface area contributed by atoms with Crippen LogP contribution in [0.1, 0.15) is 90.4 Å². The highest BCUT2D eigenvalue weighted by molar-refractivity contribution is 5.57. The SMILES string of the molecule is CCCCCCCCCCCCCCC=CCN1C=NCC1. The largest absolute Gasteiger partial charge is 0.357 e. The Balaban J connectivity index is 1.71. The lowest BCUT2D eigenvalue weighted by atomic mass is 10.0. The van der Waals surface area contributed by atoms with Crippen molar-refractivity contribution in [1.82, 2.24) is 4.90 Å². The minimum atomic E-state index is 0.979. The lowest BCUT2D eigenvalue weighted by Gasteiger charge is -2.09. The van der Waals surface area contributed by atoms with Crippen molar-refractivity contribution in [2.45, 2.75) is 90.4 Å². The number of rotatable bonds is 15. The summed E-state index contributed by atoms with van der Waals surface area (Å²) in [5, 5.41) is 0. The molecule has 0 spiro atoms. The molecule has 1 aliphatic heterocycles. The molecule has 128 valence electrons. The summed E-state index contributed by atoms with van der Waals surface area (Å²) < 4.78 is 0. The molecule has 0 radical (unpaired) electrons. The van der Waals surface area contributed by atoms with Gasteiger partial charge in [0.05, 0.1) is 12.9 Å². The van der Waals surface area contributed by atoms with Gasteiger partial charge in [0, 0.05) is 13.1 Å². The van der Waals surface area contributed by atoms with Gasteiger partial charge in [0.1, 0.15) is 0 Å². The summed E-state index contributed by atoms with van der Waals surface area (Å²) in [6, 6.07) is 0. The second kappa shape index (κ2) is 15.1. The number of unbranched alkanes of at least 4 members (excludes halogenated alkanes) is 12. The molecular formula is C20H38N2. The van der Waals surface area contributed by atoms with E-state index in [0.29, 0.717) is 0 Å². The van der Waals surface area contributed by atoms with E-state index in [1.54, 1.807) is 0 Å². The Morgan fingerprint density at radius 2 is 1.41 bits per heavy atom. The first-order valence-electron chi connectivity index (χ1n) is 9.82. The molecule has 1 rings (SSSR count). The first-order valence-corrected chi connectivity index (χ1v) is 9.82. The van der Waals surface area contributed by atoms with E-state index < -0.39 is 0 Å². The third-order valence-electron chi connectivity index (χ3n) is 4.49. The maximum atomic E-state index is 4.22. The van der Waals surface area contributed by atoms with Crippen molar-refractivity contribution in [3.63, 3.8) is 0 Å². The molecule has 0 unspecified atom stereocenters. The van der Waals surface area contributed by atoms with Gasteiger partial charge in [-0.15, -0.1) is 0 Å². The smallest absolute Gasteiger partial charge is 0.0854 e. The quantitative estimate of drug-likeness (QED) is 0.268. The Labute approximate surface area is 139 Å². The molecule has 2 nitrogen and oxygen atoms in total. The van der Waals surface area contributed by atoms with E-state index in [-0.39, 0.29) is 0 Å². The first-order chi connectivity index (χ1) is 10.9. The van der Waals surface area contributed by atoms with Crippen molar-refractivity contribution in [3.05, 3.63) is 12.2 Å². The van der Waals surface area contributed by atoms with Crippen LogP contribution in [-0.2, 0) is 0 Å². The molecule has 0 atom stereocenters. The third kappa shape index (κ3) is 11.8. The number of allylic oxidation sites excluding steroid dienone is 1. The lowest BCUT2D eigenvalue weighted by molar-refractivity contribution is 0.517. The summed E-state index contributed by atoms with van der Waals surface area (Å²) >= 11 is 0. The Bertz CT molecular complexity index is 283. The Morgan fingerprint density at radius 1 is 0.818 bits per heavy atom. The van der Waals surface area contributed by atoms with Gasteiger partial charge in [0.15, 0.2) is 0 Å². The first kappa shape index (κ1) is 19.3. The van der Waals surface area contributed by atoms with Crippen molar-refractivity contribution >= 4 is 6.34 Å². The molecule has 1 aliphatic rings. The summed E-state index contributed by atoms with van der Waals surface area (Å²) in [5.74, 6) is 0. The van der Waals surface area contributed by atoms with Crippen LogP contribution in [0.5, 0.6) is 0 Å². The van der Waals surface area contributed by atoms with E-state index >= 15 is 0 Å². The van der Waals surface area contributed by atoms with E-state index in [4.69, 9.17) is 0 Å². The highest BCUT2D eigenvalue weighted by atomic mass is 15.2. The number of hydrogen-bond donors (Lipinski definition) is 0. The van der Waals surface area contributed by atoms with Crippen molar-refractivity contribution < 1.29 is 0 Å².